The molecule has 0 heterocycles. The van der Waals surface area contributed by atoms with Gasteiger partial charge in [0.2, 0.25) is 5.91 Å². The minimum absolute atomic E-state index is 0.0431. The van der Waals surface area contributed by atoms with Crippen molar-refractivity contribution in [2.75, 3.05) is 5.32 Å². The molecule has 3 nitrogen and oxygen atoms in total. The van der Waals surface area contributed by atoms with Crippen LogP contribution in [0, 0.1) is 19.3 Å². The number of carbonyl (C=O) groups is 1. The molecule has 3 N–H and O–H groups in total. The highest BCUT2D eigenvalue weighted by atomic mass is 32.1. The first-order valence-electron chi connectivity index (χ1n) is 7.14. The smallest absolute Gasteiger partial charge is 0.237 e. The van der Waals surface area contributed by atoms with E-state index in [0.717, 1.165) is 48.9 Å². The van der Waals surface area contributed by atoms with E-state index in [-0.39, 0.29) is 5.91 Å². The zero-order chi connectivity index (χ0) is 14.8. The normalized spacial score (nSPS) is 17.5. The van der Waals surface area contributed by atoms with Gasteiger partial charge >= 0.3 is 0 Å². The minimum atomic E-state index is -0.663. The summed E-state index contributed by atoms with van der Waals surface area (Å²) in [4.78, 5) is 13.0. The van der Waals surface area contributed by atoms with Crippen LogP contribution >= 0.6 is 12.2 Å². The van der Waals surface area contributed by atoms with E-state index in [0.29, 0.717) is 4.99 Å². The highest BCUT2D eigenvalue weighted by Crippen LogP contribution is 2.38. The Bertz CT molecular complexity index is 533. The van der Waals surface area contributed by atoms with Gasteiger partial charge in [0.15, 0.2) is 0 Å². The predicted molar refractivity (Wildman–Crippen MR) is 86.8 cm³/mol. The molecule has 1 aromatic rings. The van der Waals surface area contributed by atoms with E-state index in [1.165, 1.54) is 0 Å². The molecule has 0 saturated heterocycles. The van der Waals surface area contributed by atoms with Crippen molar-refractivity contribution in [2.45, 2.75) is 46.0 Å². The number of hydrogen-bond acceptors (Lipinski definition) is 2. The standard InChI is InChI=1S/C16H22N2OS/c1-11-6-7-12(2)13(10-11)18-15(19)16(14(17)20)8-4-3-5-9-16/h6-7,10H,3-5,8-9H2,1-2H3,(H2,17,20)(H,18,19). The molecule has 1 aliphatic carbocycles. The molecule has 0 spiro atoms. The summed E-state index contributed by atoms with van der Waals surface area (Å²) in [6.45, 7) is 4.00. The molecule has 2 rings (SSSR count). The molecule has 0 unspecified atom stereocenters. The Morgan fingerprint density at radius 1 is 1.25 bits per heavy atom. The SMILES string of the molecule is Cc1ccc(C)c(NC(=O)C2(C(N)=S)CCCCC2)c1. The summed E-state index contributed by atoms with van der Waals surface area (Å²) in [5, 5.41) is 3.04. The van der Waals surface area contributed by atoms with Crippen LogP contribution in [0.3, 0.4) is 0 Å². The Morgan fingerprint density at radius 2 is 1.90 bits per heavy atom. The van der Waals surface area contributed by atoms with Crippen molar-refractivity contribution in [3.05, 3.63) is 29.3 Å². The number of carbonyl (C=O) groups excluding carboxylic acids is 1. The number of thiocarbonyl (C=S) groups is 1. The first-order chi connectivity index (χ1) is 9.45. The zero-order valence-corrected chi connectivity index (χ0v) is 13.0. The van der Waals surface area contributed by atoms with Crippen LogP contribution in [0.15, 0.2) is 18.2 Å². The molecule has 0 aliphatic heterocycles. The predicted octanol–water partition coefficient (Wildman–Crippen LogP) is 3.48. The van der Waals surface area contributed by atoms with E-state index in [2.05, 4.69) is 5.32 Å². The van der Waals surface area contributed by atoms with Crippen LogP contribution < -0.4 is 11.1 Å². The van der Waals surface area contributed by atoms with E-state index in [9.17, 15) is 4.79 Å². The summed E-state index contributed by atoms with van der Waals surface area (Å²) in [6, 6.07) is 6.04. The Morgan fingerprint density at radius 3 is 2.50 bits per heavy atom. The summed E-state index contributed by atoms with van der Waals surface area (Å²) < 4.78 is 0. The van der Waals surface area contributed by atoms with Crippen LogP contribution in [0.1, 0.15) is 43.2 Å². The molecule has 0 aromatic heterocycles. The van der Waals surface area contributed by atoms with Gasteiger partial charge in [-0.15, -0.1) is 0 Å². The second kappa shape index (κ2) is 5.92. The molecule has 4 heteroatoms. The summed E-state index contributed by atoms with van der Waals surface area (Å²) in [5.74, 6) is -0.0431. The Labute approximate surface area is 125 Å². The van der Waals surface area contributed by atoms with Gasteiger partial charge in [0.1, 0.15) is 0 Å². The largest absolute Gasteiger partial charge is 0.392 e. The molecule has 0 bridgehead atoms. The van der Waals surface area contributed by atoms with Gasteiger partial charge in [-0.05, 0) is 43.9 Å². The van der Waals surface area contributed by atoms with Gasteiger partial charge in [-0.2, -0.15) is 0 Å². The van der Waals surface area contributed by atoms with Gasteiger partial charge in [0, 0.05) is 5.69 Å². The van der Waals surface area contributed by atoms with E-state index in [1.54, 1.807) is 0 Å². The molecular weight excluding hydrogens is 268 g/mol. The third kappa shape index (κ3) is 2.85. The lowest BCUT2D eigenvalue weighted by Gasteiger charge is -2.34. The molecule has 0 radical (unpaired) electrons. The van der Waals surface area contributed by atoms with Crippen molar-refractivity contribution in [3.8, 4) is 0 Å². The molecule has 1 aromatic carbocycles. The fourth-order valence-electron chi connectivity index (χ4n) is 2.85. The molecule has 0 atom stereocenters. The minimum Gasteiger partial charge on any atom is -0.392 e. The third-order valence-corrected chi connectivity index (χ3v) is 4.65. The lowest BCUT2D eigenvalue weighted by molar-refractivity contribution is -0.123. The number of hydrogen-bond donors (Lipinski definition) is 2. The zero-order valence-electron chi connectivity index (χ0n) is 12.2. The number of anilines is 1. The van der Waals surface area contributed by atoms with Crippen LogP contribution in [0.5, 0.6) is 0 Å². The van der Waals surface area contributed by atoms with Gasteiger partial charge in [-0.1, -0.05) is 43.6 Å². The van der Waals surface area contributed by atoms with Crippen molar-refractivity contribution < 1.29 is 4.79 Å². The molecule has 1 fully saturated rings. The maximum atomic E-state index is 12.7. The first-order valence-corrected chi connectivity index (χ1v) is 7.55. The summed E-state index contributed by atoms with van der Waals surface area (Å²) >= 11 is 5.20. The van der Waals surface area contributed by atoms with Crippen LogP contribution in [0.25, 0.3) is 0 Å². The van der Waals surface area contributed by atoms with E-state index >= 15 is 0 Å². The number of benzene rings is 1. The maximum Gasteiger partial charge on any atom is 0.237 e. The van der Waals surface area contributed by atoms with Gasteiger partial charge in [0.25, 0.3) is 0 Å². The van der Waals surface area contributed by atoms with E-state index in [1.807, 2.05) is 32.0 Å². The fourth-order valence-corrected chi connectivity index (χ4v) is 3.15. The van der Waals surface area contributed by atoms with Crippen LogP contribution in [-0.2, 0) is 4.79 Å². The quantitative estimate of drug-likeness (QED) is 0.838. The maximum absolute atomic E-state index is 12.7. The number of aryl methyl sites for hydroxylation is 2. The third-order valence-electron chi connectivity index (χ3n) is 4.25. The average molecular weight is 290 g/mol. The van der Waals surface area contributed by atoms with Crippen molar-refractivity contribution in [1.29, 1.82) is 0 Å². The summed E-state index contributed by atoms with van der Waals surface area (Å²) in [6.07, 6.45) is 4.70. The molecule has 20 heavy (non-hydrogen) atoms. The van der Waals surface area contributed by atoms with Gasteiger partial charge in [0.05, 0.1) is 10.4 Å². The van der Waals surface area contributed by atoms with Crippen LogP contribution in [0.2, 0.25) is 0 Å². The van der Waals surface area contributed by atoms with Gasteiger partial charge < -0.3 is 11.1 Å². The Balaban J connectivity index is 2.25. The number of amides is 1. The Kier molecular flexibility index (Phi) is 4.43. The highest BCUT2D eigenvalue weighted by molar-refractivity contribution is 7.80. The molecule has 1 amide bonds. The van der Waals surface area contributed by atoms with Gasteiger partial charge in [-0.3, -0.25) is 4.79 Å². The lowest BCUT2D eigenvalue weighted by Crippen LogP contribution is -2.47. The van der Waals surface area contributed by atoms with Gasteiger partial charge in [-0.25, -0.2) is 0 Å². The molecule has 1 saturated carbocycles. The van der Waals surface area contributed by atoms with Crippen LogP contribution in [-0.4, -0.2) is 10.9 Å². The second-order valence-corrected chi connectivity index (χ2v) is 6.22. The highest BCUT2D eigenvalue weighted by Gasteiger charge is 2.42. The van der Waals surface area contributed by atoms with Crippen LogP contribution in [0.4, 0.5) is 5.69 Å². The van der Waals surface area contributed by atoms with E-state index < -0.39 is 5.41 Å². The Hall–Kier alpha value is -1.42. The monoisotopic (exact) mass is 290 g/mol. The second-order valence-electron chi connectivity index (χ2n) is 5.78. The number of nitrogens with one attached hydrogen (secondary N) is 1. The van der Waals surface area contributed by atoms with E-state index in [4.69, 9.17) is 18.0 Å². The molecule has 108 valence electrons. The topological polar surface area (TPSA) is 55.1 Å². The fraction of sp³-hybridized carbons (Fsp3) is 0.500. The molecule has 1 aliphatic rings. The number of rotatable bonds is 3. The van der Waals surface area contributed by atoms with Crippen molar-refractivity contribution in [3.63, 3.8) is 0 Å². The average Bonchev–Trinajstić information content (AvgIpc) is 2.43. The van der Waals surface area contributed by atoms with Crippen molar-refractivity contribution >= 4 is 28.8 Å². The summed E-state index contributed by atoms with van der Waals surface area (Å²) in [7, 11) is 0. The van der Waals surface area contributed by atoms with Crippen molar-refractivity contribution in [2.24, 2.45) is 11.1 Å². The lowest BCUT2D eigenvalue weighted by atomic mass is 9.73. The summed E-state index contributed by atoms with van der Waals surface area (Å²) in [5.41, 5.74) is 8.27. The van der Waals surface area contributed by atoms with Crippen molar-refractivity contribution in [1.82, 2.24) is 0 Å². The number of nitrogens with two attached hydrogens (primary N) is 1. The first kappa shape index (κ1) is 15.0. The molecular formula is C16H22N2OS.